The molecule has 2 rings (SSSR count). The van der Waals surface area contributed by atoms with E-state index in [1.807, 2.05) is 6.92 Å². The van der Waals surface area contributed by atoms with Gasteiger partial charge in [-0.15, -0.1) is 0 Å². The monoisotopic (exact) mass is 306 g/mol. The highest BCUT2D eigenvalue weighted by atomic mass is 32.2. The first-order chi connectivity index (χ1) is 10.0. The van der Waals surface area contributed by atoms with Gasteiger partial charge in [0.25, 0.3) is 0 Å². The van der Waals surface area contributed by atoms with Crippen molar-refractivity contribution in [2.45, 2.75) is 18.5 Å². The van der Waals surface area contributed by atoms with Crippen molar-refractivity contribution in [1.82, 2.24) is 9.97 Å². The van der Waals surface area contributed by atoms with E-state index in [1.54, 1.807) is 12.3 Å². The van der Waals surface area contributed by atoms with Gasteiger partial charge in [0, 0.05) is 29.8 Å². The molecule has 3 N–H and O–H groups in total. The van der Waals surface area contributed by atoms with Gasteiger partial charge >= 0.3 is 0 Å². The molecular formula is C14H15FN4OS. The van der Waals surface area contributed by atoms with Crippen LogP contribution in [0.2, 0.25) is 0 Å². The summed E-state index contributed by atoms with van der Waals surface area (Å²) >= 11 is 1.38. The molecule has 0 saturated heterocycles. The van der Waals surface area contributed by atoms with Crippen molar-refractivity contribution >= 4 is 29.0 Å². The minimum Gasteiger partial charge on any atom is -0.399 e. The molecule has 0 aliphatic rings. The van der Waals surface area contributed by atoms with E-state index < -0.39 is 5.82 Å². The van der Waals surface area contributed by atoms with Gasteiger partial charge in [0.05, 0.1) is 5.69 Å². The third kappa shape index (κ3) is 4.71. The predicted molar refractivity (Wildman–Crippen MR) is 81.6 cm³/mol. The Morgan fingerprint density at radius 2 is 2.24 bits per heavy atom. The number of aryl methyl sites for hydroxylation is 1. The Kier molecular flexibility index (Phi) is 5.10. The Balaban J connectivity index is 1.84. The van der Waals surface area contributed by atoms with E-state index in [0.717, 1.165) is 5.69 Å². The molecule has 0 spiro atoms. The van der Waals surface area contributed by atoms with Crippen LogP contribution in [0.15, 0.2) is 35.6 Å². The fourth-order valence-electron chi connectivity index (χ4n) is 1.58. The molecule has 0 saturated carbocycles. The summed E-state index contributed by atoms with van der Waals surface area (Å²) in [6, 6.07) is 5.86. The molecule has 7 heteroatoms. The predicted octanol–water partition coefficient (Wildman–Crippen LogP) is 2.63. The van der Waals surface area contributed by atoms with Crippen molar-refractivity contribution in [3.63, 3.8) is 0 Å². The summed E-state index contributed by atoms with van der Waals surface area (Å²) in [7, 11) is 0. The second kappa shape index (κ2) is 7.03. The number of hydrogen-bond acceptors (Lipinski definition) is 5. The van der Waals surface area contributed by atoms with Gasteiger partial charge < -0.3 is 11.1 Å². The smallest absolute Gasteiger partial charge is 0.225 e. The van der Waals surface area contributed by atoms with Crippen LogP contribution in [0.3, 0.4) is 0 Å². The molecule has 0 aliphatic carbocycles. The van der Waals surface area contributed by atoms with Crippen LogP contribution < -0.4 is 11.1 Å². The standard InChI is InChI=1S/C14H15FN4OS/c1-9-4-6-17-14(18-9)21-7-5-13(20)19-12-8-10(16)2-3-11(12)15/h2-4,6,8H,5,7,16H2,1H3,(H,19,20). The molecule has 0 atom stereocenters. The maximum atomic E-state index is 13.5. The number of nitrogens with two attached hydrogens (primary N) is 1. The van der Waals surface area contributed by atoms with Crippen molar-refractivity contribution < 1.29 is 9.18 Å². The lowest BCUT2D eigenvalue weighted by Gasteiger charge is -2.07. The van der Waals surface area contributed by atoms with Gasteiger partial charge in [0.15, 0.2) is 5.16 Å². The van der Waals surface area contributed by atoms with E-state index in [-0.39, 0.29) is 18.0 Å². The van der Waals surface area contributed by atoms with Gasteiger partial charge in [0.2, 0.25) is 5.91 Å². The zero-order chi connectivity index (χ0) is 15.2. The number of nitrogen functional groups attached to an aromatic ring is 1. The number of thioether (sulfide) groups is 1. The van der Waals surface area contributed by atoms with Crippen LogP contribution in [0.4, 0.5) is 15.8 Å². The summed E-state index contributed by atoms with van der Waals surface area (Å²) in [5.74, 6) is -0.272. The van der Waals surface area contributed by atoms with Gasteiger partial charge in [-0.05, 0) is 31.2 Å². The van der Waals surface area contributed by atoms with E-state index in [0.29, 0.717) is 16.6 Å². The van der Waals surface area contributed by atoms with Crippen LogP contribution in [-0.4, -0.2) is 21.6 Å². The second-order valence-corrected chi connectivity index (χ2v) is 5.43. The van der Waals surface area contributed by atoms with E-state index in [1.165, 1.54) is 30.0 Å². The number of nitrogens with one attached hydrogen (secondary N) is 1. The molecule has 1 aromatic heterocycles. The fourth-order valence-corrected chi connectivity index (χ4v) is 2.40. The van der Waals surface area contributed by atoms with Crippen molar-refractivity contribution in [2.75, 3.05) is 16.8 Å². The molecule has 1 amide bonds. The first kappa shape index (κ1) is 15.2. The van der Waals surface area contributed by atoms with Crippen molar-refractivity contribution in [3.05, 3.63) is 42.0 Å². The molecular weight excluding hydrogens is 291 g/mol. The van der Waals surface area contributed by atoms with Crippen LogP contribution in [0.1, 0.15) is 12.1 Å². The molecule has 0 unspecified atom stereocenters. The Hall–Kier alpha value is -2.15. The van der Waals surface area contributed by atoms with Gasteiger partial charge in [-0.3, -0.25) is 4.79 Å². The largest absolute Gasteiger partial charge is 0.399 e. The first-order valence-electron chi connectivity index (χ1n) is 6.32. The third-order valence-corrected chi connectivity index (χ3v) is 3.46. The summed E-state index contributed by atoms with van der Waals surface area (Å²) in [6.07, 6.45) is 1.91. The highest BCUT2D eigenvalue weighted by Crippen LogP contribution is 2.18. The Morgan fingerprint density at radius 1 is 1.43 bits per heavy atom. The number of hydrogen-bond donors (Lipinski definition) is 2. The maximum absolute atomic E-state index is 13.5. The van der Waals surface area contributed by atoms with Gasteiger partial charge in [-0.25, -0.2) is 14.4 Å². The number of amides is 1. The van der Waals surface area contributed by atoms with Crippen molar-refractivity contribution in [2.24, 2.45) is 0 Å². The van der Waals surface area contributed by atoms with Crippen LogP contribution in [-0.2, 0) is 4.79 Å². The topological polar surface area (TPSA) is 80.9 Å². The number of rotatable bonds is 5. The quantitative estimate of drug-likeness (QED) is 0.504. The van der Waals surface area contributed by atoms with Gasteiger partial charge in [-0.2, -0.15) is 0 Å². The lowest BCUT2D eigenvalue weighted by molar-refractivity contribution is -0.115. The van der Waals surface area contributed by atoms with Crippen molar-refractivity contribution in [3.8, 4) is 0 Å². The van der Waals surface area contributed by atoms with Crippen LogP contribution >= 0.6 is 11.8 Å². The minimum atomic E-state index is -0.507. The molecule has 5 nitrogen and oxygen atoms in total. The normalized spacial score (nSPS) is 10.4. The number of anilines is 2. The number of benzene rings is 1. The Labute approximate surface area is 126 Å². The van der Waals surface area contributed by atoms with Crippen molar-refractivity contribution in [1.29, 1.82) is 0 Å². The highest BCUT2D eigenvalue weighted by Gasteiger charge is 2.08. The van der Waals surface area contributed by atoms with Gasteiger partial charge in [-0.1, -0.05) is 11.8 Å². The van der Waals surface area contributed by atoms with E-state index in [9.17, 15) is 9.18 Å². The fraction of sp³-hybridized carbons (Fsp3) is 0.214. The first-order valence-corrected chi connectivity index (χ1v) is 7.30. The molecule has 2 aromatic rings. The Bertz CT molecular complexity index is 651. The average molecular weight is 306 g/mol. The summed E-state index contributed by atoms with van der Waals surface area (Å²) in [6.45, 7) is 1.88. The minimum absolute atomic E-state index is 0.0943. The molecule has 1 heterocycles. The number of aromatic nitrogens is 2. The van der Waals surface area contributed by atoms with Crippen LogP contribution in [0.25, 0.3) is 0 Å². The summed E-state index contributed by atoms with van der Waals surface area (Å²) < 4.78 is 13.5. The maximum Gasteiger partial charge on any atom is 0.225 e. The second-order valence-electron chi connectivity index (χ2n) is 4.37. The summed E-state index contributed by atoms with van der Waals surface area (Å²) in [5, 5.41) is 3.12. The molecule has 1 aromatic carbocycles. The average Bonchev–Trinajstić information content (AvgIpc) is 2.43. The lowest BCUT2D eigenvalue weighted by Crippen LogP contribution is -2.13. The van der Waals surface area contributed by atoms with Crippen LogP contribution in [0, 0.1) is 12.7 Å². The lowest BCUT2D eigenvalue weighted by atomic mass is 10.2. The zero-order valence-electron chi connectivity index (χ0n) is 11.5. The number of carbonyl (C=O) groups is 1. The number of halogens is 1. The molecule has 110 valence electrons. The van der Waals surface area contributed by atoms with Gasteiger partial charge in [0.1, 0.15) is 5.82 Å². The summed E-state index contributed by atoms with van der Waals surface area (Å²) in [4.78, 5) is 20.1. The highest BCUT2D eigenvalue weighted by molar-refractivity contribution is 7.99. The van der Waals surface area contributed by atoms with E-state index in [4.69, 9.17) is 5.73 Å². The molecule has 21 heavy (non-hydrogen) atoms. The Morgan fingerprint density at radius 3 is 3.00 bits per heavy atom. The zero-order valence-corrected chi connectivity index (χ0v) is 12.3. The SMILES string of the molecule is Cc1ccnc(SCCC(=O)Nc2cc(N)ccc2F)n1. The number of nitrogens with zero attached hydrogens (tertiary/aromatic N) is 2. The molecule has 0 aliphatic heterocycles. The molecule has 0 fully saturated rings. The number of carbonyl (C=O) groups excluding carboxylic acids is 1. The van der Waals surface area contributed by atoms with Crippen LogP contribution in [0.5, 0.6) is 0 Å². The third-order valence-electron chi connectivity index (χ3n) is 2.60. The summed E-state index contributed by atoms with van der Waals surface area (Å²) in [5.41, 5.74) is 6.92. The molecule has 0 radical (unpaired) electrons. The van der Waals surface area contributed by atoms with E-state index in [2.05, 4.69) is 15.3 Å². The molecule has 0 bridgehead atoms. The van der Waals surface area contributed by atoms with E-state index >= 15 is 0 Å².